The number of ether oxygens (including phenoxy) is 1. The number of halogens is 9. The zero-order valence-corrected chi connectivity index (χ0v) is 24.1. The molecule has 250 valence electrons. The SMILES string of the molecule is CC(C(=O)NCC(F)(F)F)c1cc(F)c(NC(=O)[C@@H](NC(=O)c2ccnn2C(C)C)C2CCC(F)(F)CC2)cc1OC(F)(F)F. The van der Waals surface area contributed by atoms with Gasteiger partial charge in [-0.25, -0.2) is 13.2 Å². The number of nitrogens with zero attached hydrogens (tertiary/aromatic N) is 2. The summed E-state index contributed by atoms with van der Waals surface area (Å²) in [5, 5.41) is 9.98. The molecule has 0 aliphatic heterocycles. The number of hydrogen-bond acceptors (Lipinski definition) is 5. The first-order valence-electron chi connectivity index (χ1n) is 13.6. The molecule has 0 spiro atoms. The van der Waals surface area contributed by atoms with Crippen molar-refractivity contribution in [1.82, 2.24) is 20.4 Å². The van der Waals surface area contributed by atoms with Crippen molar-refractivity contribution >= 4 is 23.4 Å². The number of alkyl halides is 8. The smallest absolute Gasteiger partial charge is 0.405 e. The molecular formula is C27H30F9N5O4. The second-order valence-corrected chi connectivity index (χ2v) is 10.9. The number of hydrogen-bond donors (Lipinski definition) is 3. The fraction of sp³-hybridized carbons (Fsp3) is 0.556. The fourth-order valence-electron chi connectivity index (χ4n) is 4.82. The normalized spacial score (nSPS) is 17.0. The third-order valence-electron chi connectivity index (χ3n) is 7.10. The van der Waals surface area contributed by atoms with Gasteiger partial charge in [0.05, 0.1) is 11.6 Å². The first-order valence-corrected chi connectivity index (χ1v) is 13.6. The highest BCUT2D eigenvalue weighted by molar-refractivity contribution is 6.01. The Labute approximate surface area is 250 Å². The molecule has 3 rings (SSSR count). The summed E-state index contributed by atoms with van der Waals surface area (Å²) in [5.74, 6) is -11.7. The maximum absolute atomic E-state index is 15.2. The summed E-state index contributed by atoms with van der Waals surface area (Å²) in [7, 11) is 0. The minimum Gasteiger partial charge on any atom is -0.405 e. The number of rotatable bonds is 10. The molecule has 1 saturated carbocycles. The average Bonchev–Trinajstić information content (AvgIpc) is 3.41. The van der Waals surface area contributed by atoms with Crippen molar-refractivity contribution in [2.75, 3.05) is 11.9 Å². The number of benzene rings is 1. The summed E-state index contributed by atoms with van der Waals surface area (Å²) in [6.07, 6.45) is -10.6. The molecule has 3 N–H and O–H groups in total. The van der Waals surface area contributed by atoms with Crippen molar-refractivity contribution in [1.29, 1.82) is 0 Å². The van der Waals surface area contributed by atoms with Gasteiger partial charge in [-0.15, -0.1) is 13.2 Å². The Balaban J connectivity index is 1.94. The molecule has 0 bridgehead atoms. The molecule has 1 aliphatic rings. The van der Waals surface area contributed by atoms with Crippen molar-refractivity contribution in [3.05, 3.63) is 41.5 Å². The Kier molecular flexibility index (Phi) is 10.7. The quantitative estimate of drug-likeness (QED) is 0.277. The maximum atomic E-state index is 15.2. The fourth-order valence-corrected chi connectivity index (χ4v) is 4.82. The van der Waals surface area contributed by atoms with E-state index in [0.29, 0.717) is 12.1 Å². The minimum atomic E-state index is -5.40. The van der Waals surface area contributed by atoms with Gasteiger partial charge in [0.15, 0.2) is 0 Å². The molecule has 45 heavy (non-hydrogen) atoms. The first-order chi connectivity index (χ1) is 20.7. The average molecular weight is 660 g/mol. The number of amides is 3. The van der Waals surface area contributed by atoms with Gasteiger partial charge in [-0.3, -0.25) is 19.1 Å². The number of carbonyl (C=O) groups is 3. The van der Waals surface area contributed by atoms with Crippen molar-refractivity contribution in [2.24, 2.45) is 5.92 Å². The first kappa shape index (κ1) is 35.5. The summed E-state index contributed by atoms with van der Waals surface area (Å²) in [6, 6.07) is 0.251. The Bertz CT molecular complexity index is 1380. The Morgan fingerprint density at radius 2 is 1.67 bits per heavy atom. The number of carbonyl (C=O) groups excluding carboxylic acids is 3. The second kappa shape index (κ2) is 13.6. The lowest BCUT2D eigenvalue weighted by Gasteiger charge is -2.33. The predicted molar refractivity (Wildman–Crippen MR) is 140 cm³/mol. The van der Waals surface area contributed by atoms with E-state index in [1.165, 1.54) is 22.3 Å². The van der Waals surface area contributed by atoms with Gasteiger partial charge in [0.25, 0.3) is 5.91 Å². The lowest BCUT2D eigenvalue weighted by atomic mass is 9.81. The molecule has 2 aromatic rings. The Morgan fingerprint density at radius 1 is 1.04 bits per heavy atom. The lowest BCUT2D eigenvalue weighted by Crippen LogP contribution is -2.50. The highest BCUT2D eigenvalue weighted by atomic mass is 19.4. The van der Waals surface area contributed by atoms with E-state index >= 15 is 4.39 Å². The molecule has 1 unspecified atom stereocenters. The van der Waals surface area contributed by atoms with Crippen LogP contribution in [-0.4, -0.2) is 58.5 Å². The third kappa shape index (κ3) is 9.75. The van der Waals surface area contributed by atoms with Crippen molar-refractivity contribution in [2.45, 2.75) is 82.9 Å². The van der Waals surface area contributed by atoms with Gasteiger partial charge in [0, 0.05) is 36.7 Å². The van der Waals surface area contributed by atoms with Crippen LogP contribution in [0.3, 0.4) is 0 Å². The van der Waals surface area contributed by atoms with Crippen LogP contribution in [0.2, 0.25) is 0 Å². The molecule has 1 fully saturated rings. The molecule has 0 saturated heterocycles. The van der Waals surface area contributed by atoms with Gasteiger partial charge in [-0.05, 0) is 51.7 Å². The van der Waals surface area contributed by atoms with Crippen LogP contribution in [0.5, 0.6) is 5.75 Å². The molecule has 0 radical (unpaired) electrons. The molecule has 3 amide bonds. The van der Waals surface area contributed by atoms with Crippen LogP contribution in [0, 0.1) is 11.7 Å². The van der Waals surface area contributed by atoms with E-state index < -0.39 is 96.3 Å². The van der Waals surface area contributed by atoms with Crippen LogP contribution in [0.15, 0.2) is 24.4 Å². The Hall–Kier alpha value is -3.99. The van der Waals surface area contributed by atoms with E-state index in [9.17, 15) is 49.5 Å². The van der Waals surface area contributed by atoms with Gasteiger partial charge >= 0.3 is 12.5 Å². The van der Waals surface area contributed by atoms with E-state index in [-0.39, 0.29) is 24.6 Å². The molecule has 1 aromatic carbocycles. The summed E-state index contributed by atoms with van der Waals surface area (Å²) >= 11 is 0. The van der Waals surface area contributed by atoms with E-state index in [1.54, 1.807) is 13.8 Å². The summed E-state index contributed by atoms with van der Waals surface area (Å²) in [6.45, 7) is 2.53. The molecule has 9 nitrogen and oxygen atoms in total. The molecule has 18 heteroatoms. The third-order valence-corrected chi connectivity index (χ3v) is 7.10. The summed E-state index contributed by atoms with van der Waals surface area (Å²) < 4.78 is 125. The predicted octanol–water partition coefficient (Wildman–Crippen LogP) is 5.85. The van der Waals surface area contributed by atoms with Gasteiger partial charge in [-0.2, -0.15) is 18.3 Å². The minimum absolute atomic E-state index is 0.0122. The standard InChI is InChI=1S/C27H30F9N5O4/c1-13(2)41-19(6-9-38-41)23(43)40-21(15-4-7-25(29,30)8-5-15)24(44)39-18-11-20(45-27(34,35)36)16(10-17(18)28)14(3)22(42)37-12-26(31,32)33/h6,9-11,13-15,21H,4-5,7-8,12H2,1-3H3,(H,37,42)(H,39,44)(H,40,43)/t14?,21-/m0/s1. The molecule has 2 atom stereocenters. The van der Waals surface area contributed by atoms with E-state index in [4.69, 9.17) is 0 Å². The van der Waals surface area contributed by atoms with Crippen LogP contribution in [0.25, 0.3) is 0 Å². The van der Waals surface area contributed by atoms with Crippen LogP contribution >= 0.6 is 0 Å². The number of nitrogens with one attached hydrogen (secondary N) is 3. The largest absolute Gasteiger partial charge is 0.573 e. The van der Waals surface area contributed by atoms with E-state index in [0.717, 1.165) is 6.92 Å². The Morgan fingerprint density at radius 3 is 2.22 bits per heavy atom. The van der Waals surface area contributed by atoms with E-state index in [2.05, 4.69) is 15.2 Å². The monoisotopic (exact) mass is 659 g/mol. The molecular weight excluding hydrogens is 629 g/mol. The maximum Gasteiger partial charge on any atom is 0.573 e. The summed E-state index contributed by atoms with van der Waals surface area (Å²) in [5.41, 5.74) is -1.68. The van der Waals surface area contributed by atoms with Crippen LogP contribution in [0.1, 0.15) is 74.5 Å². The topological polar surface area (TPSA) is 114 Å². The van der Waals surface area contributed by atoms with Crippen LogP contribution in [0.4, 0.5) is 45.2 Å². The summed E-state index contributed by atoms with van der Waals surface area (Å²) in [4.78, 5) is 38.8. The van der Waals surface area contributed by atoms with Gasteiger partial charge in [0.1, 0.15) is 29.8 Å². The number of aromatic nitrogens is 2. The van der Waals surface area contributed by atoms with Crippen molar-refractivity contribution in [3.8, 4) is 5.75 Å². The van der Waals surface area contributed by atoms with Gasteiger partial charge in [0.2, 0.25) is 17.7 Å². The van der Waals surface area contributed by atoms with Gasteiger partial charge in [-0.1, -0.05) is 0 Å². The number of anilines is 1. The zero-order chi connectivity index (χ0) is 33.9. The van der Waals surface area contributed by atoms with Crippen LogP contribution < -0.4 is 20.7 Å². The lowest BCUT2D eigenvalue weighted by molar-refractivity contribution is -0.275. The zero-order valence-electron chi connectivity index (χ0n) is 24.1. The van der Waals surface area contributed by atoms with Crippen molar-refractivity contribution in [3.63, 3.8) is 0 Å². The molecule has 1 aliphatic carbocycles. The van der Waals surface area contributed by atoms with E-state index in [1.807, 2.05) is 5.32 Å². The molecule has 1 aromatic heterocycles. The second-order valence-electron chi connectivity index (χ2n) is 10.9. The highest BCUT2D eigenvalue weighted by Gasteiger charge is 2.41. The molecule has 1 heterocycles. The van der Waals surface area contributed by atoms with Crippen LogP contribution in [-0.2, 0) is 9.59 Å². The van der Waals surface area contributed by atoms with Gasteiger partial charge < -0.3 is 20.7 Å². The highest BCUT2D eigenvalue weighted by Crippen LogP contribution is 2.39. The van der Waals surface area contributed by atoms with Crippen molar-refractivity contribution < 1.29 is 58.6 Å².